The van der Waals surface area contributed by atoms with Crippen LogP contribution in [0.15, 0.2) is 16.6 Å². The van der Waals surface area contributed by atoms with E-state index in [2.05, 4.69) is 14.7 Å². The van der Waals surface area contributed by atoms with Crippen LogP contribution in [0.3, 0.4) is 0 Å². The molecule has 0 aliphatic heterocycles. The molecule has 0 saturated carbocycles. The number of carbonyl (C=O) groups is 3. The van der Waals surface area contributed by atoms with Gasteiger partial charge in [0.15, 0.2) is 0 Å². The van der Waals surface area contributed by atoms with E-state index in [0.717, 1.165) is 0 Å². The van der Waals surface area contributed by atoms with E-state index in [1.54, 1.807) is 13.8 Å². The van der Waals surface area contributed by atoms with Crippen LogP contribution in [-0.2, 0) is 23.9 Å². The molecule has 0 atom stereocenters. The molecule has 114 valence electrons. The van der Waals surface area contributed by atoms with Gasteiger partial charge in [0.2, 0.25) is 5.70 Å². The zero-order valence-corrected chi connectivity index (χ0v) is 12.0. The molecule has 8 heteroatoms. The third-order valence-corrected chi connectivity index (χ3v) is 1.60. The summed E-state index contributed by atoms with van der Waals surface area (Å²) in [6.45, 7) is 6.33. The summed E-state index contributed by atoms with van der Waals surface area (Å²) in [5, 5.41) is 11.0. The Morgan fingerprint density at radius 1 is 1.05 bits per heavy atom. The highest BCUT2D eigenvalue weighted by Crippen LogP contribution is 2.04. The van der Waals surface area contributed by atoms with Crippen LogP contribution in [0.5, 0.6) is 0 Å². The molecule has 0 aromatic heterocycles. The zero-order chi connectivity index (χ0) is 16.1. The van der Waals surface area contributed by atoms with Crippen molar-refractivity contribution < 1.29 is 29.0 Å². The first-order chi connectivity index (χ1) is 9.29. The Morgan fingerprint density at radius 2 is 1.55 bits per heavy atom. The van der Waals surface area contributed by atoms with Gasteiger partial charge in [-0.3, -0.25) is 9.59 Å². The van der Waals surface area contributed by atoms with Gasteiger partial charge in [0.1, 0.15) is 18.0 Å². The Hall–Kier alpha value is -2.25. The van der Waals surface area contributed by atoms with Crippen molar-refractivity contribution in [3.8, 4) is 0 Å². The average molecular weight is 289 g/mol. The molecule has 20 heavy (non-hydrogen) atoms. The number of aliphatic hydroxyl groups excluding tert-OH is 1. The number of nitrogens with zero attached hydrogens (tertiary/aromatic N) is 1. The maximum Gasteiger partial charge on any atom is 0.364 e. The Balaban J connectivity index is 0. The summed E-state index contributed by atoms with van der Waals surface area (Å²) in [6.07, 6.45) is -0.103. The van der Waals surface area contributed by atoms with Crippen LogP contribution in [0, 0.1) is 4.91 Å². The molecule has 0 saturated heterocycles. The van der Waals surface area contributed by atoms with Gasteiger partial charge in [0.25, 0.3) is 0 Å². The fourth-order valence-corrected chi connectivity index (χ4v) is 0.866. The normalized spacial score (nSPS) is 10.4. The van der Waals surface area contributed by atoms with Gasteiger partial charge >= 0.3 is 11.9 Å². The summed E-state index contributed by atoms with van der Waals surface area (Å²) >= 11 is 0. The van der Waals surface area contributed by atoms with Crippen LogP contribution >= 0.6 is 0 Å². The monoisotopic (exact) mass is 289 g/mol. The van der Waals surface area contributed by atoms with Crippen molar-refractivity contribution in [3.05, 3.63) is 16.4 Å². The van der Waals surface area contributed by atoms with Gasteiger partial charge in [-0.1, -0.05) is 0 Å². The molecule has 0 aliphatic carbocycles. The van der Waals surface area contributed by atoms with Crippen LogP contribution in [-0.4, -0.2) is 36.0 Å². The molecule has 0 unspecified atom stereocenters. The SMILES string of the molecule is CCOC(=O)C(N=O)=C(C)O.CCOC(=O)CC(C)=O. The van der Waals surface area contributed by atoms with Crippen LogP contribution in [0.4, 0.5) is 0 Å². The van der Waals surface area contributed by atoms with Crippen LogP contribution in [0.1, 0.15) is 34.1 Å². The maximum absolute atomic E-state index is 10.7. The number of rotatable bonds is 6. The van der Waals surface area contributed by atoms with E-state index in [1.807, 2.05) is 0 Å². The van der Waals surface area contributed by atoms with Crippen LogP contribution < -0.4 is 0 Å². The second kappa shape index (κ2) is 11.8. The second-order valence-electron chi connectivity index (χ2n) is 3.43. The van der Waals surface area contributed by atoms with Crippen molar-refractivity contribution in [2.24, 2.45) is 5.18 Å². The standard InChI is InChI=1S/C6H9NO4.C6H10O3/c1-3-11-6(9)5(7-10)4(2)8;1-3-9-6(8)4-5(2)7/h8H,3H2,1-2H3;3-4H2,1-2H3. The number of hydrogen-bond acceptors (Lipinski definition) is 8. The second-order valence-corrected chi connectivity index (χ2v) is 3.43. The van der Waals surface area contributed by atoms with E-state index in [0.29, 0.717) is 6.61 Å². The summed E-state index contributed by atoms with van der Waals surface area (Å²) in [5.74, 6) is -1.93. The molecular weight excluding hydrogens is 270 g/mol. The zero-order valence-electron chi connectivity index (χ0n) is 12.0. The predicted molar refractivity (Wildman–Crippen MR) is 69.7 cm³/mol. The average Bonchev–Trinajstić information content (AvgIpc) is 2.29. The topological polar surface area (TPSA) is 119 Å². The first-order valence-electron chi connectivity index (χ1n) is 5.85. The van der Waals surface area contributed by atoms with Crippen molar-refractivity contribution in [1.82, 2.24) is 0 Å². The first-order valence-corrected chi connectivity index (χ1v) is 5.85. The van der Waals surface area contributed by atoms with Crippen molar-refractivity contribution >= 4 is 17.7 Å². The quantitative estimate of drug-likeness (QED) is 0.259. The summed E-state index contributed by atoms with van der Waals surface area (Å²) in [4.78, 5) is 41.2. The minimum Gasteiger partial charge on any atom is -0.510 e. The molecule has 0 spiro atoms. The van der Waals surface area contributed by atoms with Crippen molar-refractivity contribution in [2.45, 2.75) is 34.1 Å². The van der Waals surface area contributed by atoms with E-state index < -0.39 is 23.4 Å². The molecule has 0 aromatic carbocycles. The third-order valence-electron chi connectivity index (χ3n) is 1.60. The van der Waals surface area contributed by atoms with E-state index in [9.17, 15) is 19.3 Å². The Morgan fingerprint density at radius 3 is 1.85 bits per heavy atom. The maximum atomic E-state index is 10.7. The smallest absolute Gasteiger partial charge is 0.364 e. The molecule has 1 N–H and O–H groups in total. The lowest BCUT2D eigenvalue weighted by Crippen LogP contribution is -2.07. The van der Waals surface area contributed by atoms with Crippen LogP contribution in [0.25, 0.3) is 0 Å². The number of allylic oxidation sites excluding steroid dienone is 1. The number of ketones is 1. The minimum absolute atomic E-state index is 0.103. The van der Waals surface area contributed by atoms with E-state index >= 15 is 0 Å². The molecule has 8 nitrogen and oxygen atoms in total. The fraction of sp³-hybridized carbons (Fsp3) is 0.583. The Bertz CT molecular complexity index is 383. The number of aliphatic hydroxyl groups is 1. The number of ether oxygens (including phenoxy) is 2. The Kier molecular flexibility index (Phi) is 11.9. The molecule has 0 rings (SSSR count). The van der Waals surface area contributed by atoms with Crippen molar-refractivity contribution in [1.29, 1.82) is 0 Å². The van der Waals surface area contributed by atoms with Gasteiger partial charge in [-0.05, 0) is 32.9 Å². The van der Waals surface area contributed by atoms with Crippen molar-refractivity contribution in [2.75, 3.05) is 13.2 Å². The number of Topliss-reactive ketones (excluding diaryl/α,β-unsaturated/α-hetero) is 1. The molecule has 0 heterocycles. The number of carbonyl (C=O) groups excluding carboxylic acids is 3. The molecular formula is C12H19NO7. The molecule has 0 aromatic rings. The fourth-order valence-electron chi connectivity index (χ4n) is 0.866. The van der Waals surface area contributed by atoms with Gasteiger partial charge in [0.05, 0.1) is 13.2 Å². The highest BCUT2D eigenvalue weighted by molar-refractivity contribution is 5.94. The minimum atomic E-state index is -0.900. The molecule has 0 aliphatic rings. The lowest BCUT2D eigenvalue weighted by atomic mass is 10.3. The number of esters is 2. The molecule has 0 bridgehead atoms. The predicted octanol–water partition coefficient (Wildman–Crippen LogP) is 1.63. The third kappa shape index (κ3) is 10.9. The summed E-state index contributed by atoms with van der Waals surface area (Å²) in [7, 11) is 0. The largest absolute Gasteiger partial charge is 0.510 e. The van der Waals surface area contributed by atoms with Gasteiger partial charge < -0.3 is 14.6 Å². The first kappa shape index (κ1) is 20.1. The van der Waals surface area contributed by atoms with Gasteiger partial charge in [0, 0.05) is 0 Å². The number of nitroso groups, excluding NO2 is 1. The summed E-state index contributed by atoms with van der Waals surface area (Å²) < 4.78 is 8.90. The van der Waals surface area contributed by atoms with Gasteiger partial charge in [-0.25, -0.2) is 4.79 Å². The lowest BCUT2D eigenvalue weighted by molar-refractivity contribution is -0.145. The lowest BCUT2D eigenvalue weighted by Gasteiger charge is -1.98. The van der Waals surface area contributed by atoms with Crippen molar-refractivity contribution in [3.63, 3.8) is 0 Å². The number of hydrogen-bond donors (Lipinski definition) is 1. The highest BCUT2D eigenvalue weighted by atomic mass is 16.5. The molecule has 0 radical (unpaired) electrons. The van der Waals surface area contributed by atoms with E-state index in [-0.39, 0.29) is 18.8 Å². The summed E-state index contributed by atoms with van der Waals surface area (Å²) in [6, 6.07) is 0. The van der Waals surface area contributed by atoms with Gasteiger partial charge in [-0.2, -0.15) is 0 Å². The van der Waals surface area contributed by atoms with Crippen LogP contribution in [0.2, 0.25) is 0 Å². The summed E-state index contributed by atoms with van der Waals surface area (Å²) in [5.41, 5.74) is -0.577. The molecule has 0 fully saturated rings. The highest BCUT2D eigenvalue weighted by Gasteiger charge is 2.14. The van der Waals surface area contributed by atoms with E-state index in [4.69, 9.17) is 5.11 Å². The Labute approximate surface area is 116 Å². The van der Waals surface area contributed by atoms with E-state index in [1.165, 1.54) is 13.8 Å². The van der Waals surface area contributed by atoms with Gasteiger partial charge in [-0.15, -0.1) is 4.91 Å². The molecule has 0 amide bonds.